The van der Waals surface area contributed by atoms with Gasteiger partial charge in [-0.3, -0.25) is 0 Å². The predicted molar refractivity (Wildman–Crippen MR) is 87.3 cm³/mol. The standard InChI is InChI=1S/C19H19N/c1-4-16-9-8-11-18(14-13-16)15(3)20-19-12-7-6-10-17(19)5-2/h1,6-7,9-14,20H,3,5,8H2,2H3. The average Bonchev–Trinajstić information content (AvgIpc) is 2.73. The van der Waals surface area contributed by atoms with Crippen LogP contribution < -0.4 is 5.32 Å². The summed E-state index contributed by atoms with van der Waals surface area (Å²) in [6.45, 7) is 6.29. The summed E-state index contributed by atoms with van der Waals surface area (Å²) in [4.78, 5) is 0. The van der Waals surface area contributed by atoms with E-state index in [4.69, 9.17) is 6.42 Å². The SMILES string of the molecule is C#CC1=CCC=C(C(=C)Nc2ccccc2CC)C=C1. The van der Waals surface area contributed by atoms with Crippen molar-refractivity contribution in [2.75, 3.05) is 5.32 Å². The minimum absolute atomic E-state index is 0.831. The van der Waals surface area contributed by atoms with Gasteiger partial charge in [-0.15, -0.1) is 6.42 Å². The van der Waals surface area contributed by atoms with Crippen molar-refractivity contribution in [3.8, 4) is 12.3 Å². The summed E-state index contributed by atoms with van der Waals surface area (Å²) in [6.07, 6.45) is 15.4. The Labute approximate surface area is 121 Å². The van der Waals surface area contributed by atoms with E-state index in [0.29, 0.717) is 0 Å². The molecule has 0 heterocycles. The monoisotopic (exact) mass is 261 g/mol. The number of hydrogen-bond acceptors (Lipinski definition) is 1. The Kier molecular flexibility index (Phi) is 4.63. The summed E-state index contributed by atoms with van der Waals surface area (Å²) in [5.41, 5.74) is 5.29. The van der Waals surface area contributed by atoms with Crippen LogP contribution in [0.3, 0.4) is 0 Å². The van der Waals surface area contributed by atoms with Crippen molar-refractivity contribution in [1.29, 1.82) is 0 Å². The van der Waals surface area contributed by atoms with Crippen molar-refractivity contribution in [3.63, 3.8) is 0 Å². The molecule has 1 N–H and O–H groups in total. The highest BCUT2D eigenvalue weighted by atomic mass is 14.9. The number of rotatable bonds is 4. The molecule has 1 aliphatic carbocycles. The van der Waals surface area contributed by atoms with Crippen LogP contribution in [0, 0.1) is 12.3 Å². The van der Waals surface area contributed by atoms with Gasteiger partial charge in [0.1, 0.15) is 0 Å². The van der Waals surface area contributed by atoms with Crippen molar-refractivity contribution in [1.82, 2.24) is 0 Å². The summed E-state index contributed by atoms with van der Waals surface area (Å²) in [5, 5.41) is 3.40. The average molecular weight is 261 g/mol. The normalized spacial score (nSPS) is 13.8. The summed E-state index contributed by atoms with van der Waals surface area (Å²) in [5.74, 6) is 2.66. The smallest absolute Gasteiger partial charge is 0.0416 e. The molecule has 100 valence electrons. The van der Waals surface area contributed by atoms with Crippen molar-refractivity contribution in [2.24, 2.45) is 0 Å². The van der Waals surface area contributed by atoms with Crippen LogP contribution in [0.25, 0.3) is 0 Å². The summed E-state index contributed by atoms with van der Waals surface area (Å²) >= 11 is 0. The molecule has 1 aliphatic rings. The molecule has 0 unspecified atom stereocenters. The van der Waals surface area contributed by atoms with Crippen molar-refractivity contribution in [3.05, 3.63) is 77.6 Å². The molecule has 1 aromatic rings. The maximum atomic E-state index is 5.42. The van der Waals surface area contributed by atoms with Crippen LogP contribution in [0.2, 0.25) is 0 Å². The van der Waals surface area contributed by atoms with E-state index in [1.807, 2.05) is 24.3 Å². The van der Waals surface area contributed by atoms with Crippen LogP contribution in [-0.2, 0) is 6.42 Å². The summed E-state index contributed by atoms with van der Waals surface area (Å²) in [7, 11) is 0. The van der Waals surface area contributed by atoms with E-state index in [9.17, 15) is 0 Å². The fourth-order valence-electron chi connectivity index (χ4n) is 2.14. The van der Waals surface area contributed by atoms with Gasteiger partial charge in [0.25, 0.3) is 0 Å². The molecule has 0 fully saturated rings. The van der Waals surface area contributed by atoms with Gasteiger partial charge in [-0.05, 0) is 36.1 Å². The number of terminal acetylenes is 1. The Morgan fingerprint density at radius 1 is 1.30 bits per heavy atom. The largest absolute Gasteiger partial charge is 0.355 e. The van der Waals surface area contributed by atoms with Gasteiger partial charge >= 0.3 is 0 Å². The molecule has 2 rings (SSSR count). The highest BCUT2D eigenvalue weighted by Crippen LogP contribution is 2.22. The first-order chi connectivity index (χ1) is 9.74. The number of aryl methyl sites for hydroxylation is 1. The van der Waals surface area contributed by atoms with E-state index >= 15 is 0 Å². The van der Waals surface area contributed by atoms with Crippen LogP contribution in [0.1, 0.15) is 18.9 Å². The first-order valence-electron chi connectivity index (χ1n) is 6.83. The quantitative estimate of drug-likeness (QED) is 0.780. The molecule has 1 nitrogen and oxygen atoms in total. The van der Waals surface area contributed by atoms with Gasteiger partial charge in [0, 0.05) is 17.0 Å². The second-order valence-electron chi connectivity index (χ2n) is 4.65. The molecule has 1 aromatic carbocycles. The Morgan fingerprint density at radius 3 is 2.85 bits per heavy atom. The van der Waals surface area contributed by atoms with Gasteiger partial charge < -0.3 is 5.32 Å². The number of anilines is 1. The minimum Gasteiger partial charge on any atom is -0.355 e. The van der Waals surface area contributed by atoms with E-state index in [-0.39, 0.29) is 0 Å². The third-order valence-corrected chi connectivity index (χ3v) is 3.32. The van der Waals surface area contributed by atoms with Crippen LogP contribution in [0.4, 0.5) is 5.69 Å². The fraction of sp³-hybridized carbons (Fsp3) is 0.158. The van der Waals surface area contributed by atoms with Crippen LogP contribution in [-0.4, -0.2) is 0 Å². The van der Waals surface area contributed by atoms with E-state index < -0.39 is 0 Å². The Bertz CT molecular complexity index is 636. The molecule has 0 saturated heterocycles. The second-order valence-corrected chi connectivity index (χ2v) is 4.65. The fourth-order valence-corrected chi connectivity index (χ4v) is 2.14. The third kappa shape index (κ3) is 3.30. The molecule has 0 saturated carbocycles. The van der Waals surface area contributed by atoms with E-state index in [0.717, 1.165) is 35.4 Å². The molecule has 0 spiro atoms. The topological polar surface area (TPSA) is 12.0 Å². The predicted octanol–water partition coefficient (Wildman–Crippen LogP) is 4.62. The van der Waals surface area contributed by atoms with E-state index in [1.54, 1.807) is 0 Å². The number of para-hydroxylation sites is 1. The van der Waals surface area contributed by atoms with Gasteiger partial charge in [0.2, 0.25) is 0 Å². The van der Waals surface area contributed by atoms with Gasteiger partial charge in [-0.2, -0.15) is 0 Å². The zero-order valence-electron chi connectivity index (χ0n) is 11.8. The molecule has 0 bridgehead atoms. The Hall–Kier alpha value is -2.46. The van der Waals surface area contributed by atoms with E-state index in [2.05, 4.69) is 49.0 Å². The second kappa shape index (κ2) is 6.63. The maximum absolute atomic E-state index is 5.42. The number of benzene rings is 1. The first kappa shape index (κ1) is 14.0. The number of allylic oxidation sites excluding steroid dienone is 5. The molecular weight excluding hydrogens is 242 g/mol. The van der Waals surface area contributed by atoms with Crippen LogP contribution >= 0.6 is 0 Å². The van der Waals surface area contributed by atoms with Gasteiger partial charge in [0.15, 0.2) is 0 Å². The Balaban J connectivity index is 2.14. The molecular formula is C19H19N. The minimum atomic E-state index is 0.831. The molecule has 0 radical (unpaired) electrons. The number of nitrogens with one attached hydrogen (secondary N) is 1. The third-order valence-electron chi connectivity index (χ3n) is 3.32. The lowest BCUT2D eigenvalue weighted by atomic mass is 10.1. The first-order valence-corrected chi connectivity index (χ1v) is 6.83. The maximum Gasteiger partial charge on any atom is 0.0416 e. The molecule has 0 atom stereocenters. The molecule has 1 heteroatoms. The van der Waals surface area contributed by atoms with Crippen molar-refractivity contribution >= 4 is 5.69 Å². The van der Waals surface area contributed by atoms with Gasteiger partial charge in [-0.1, -0.05) is 55.9 Å². The van der Waals surface area contributed by atoms with Crippen LogP contribution in [0.5, 0.6) is 0 Å². The van der Waals surface area contributed by atoms with Crippen LogP contribution in [0.15, 0.2) is 72.0 Å². The lowest BCUT2D eigenvalue weighted by Gasteiger charge is -2.13. The molecule has 0 amide bonds. The summed E-state index contributed by atoms with van der Waals surface area (Å²) < 4.78 is 0. The highest BCUT2D eigenvalue weighted by molar-refractivity contribution is 5.60. The summed E-state index contributed by atoms with van der Waals surface area (Å²) in [6, 6.07) is 8.30. The van der Waals surface area contributed by atoms with Crippen molar-refractivity contribution < 1.29 is 0 Å². The lowest BCUT2D eigenvalue weighted by molar-refractivity contribution is 1.14. The zero-order valence-corrected chi connectivity index (χ0v) is 11.8. The van der Waals surface area contributed by atoms with Crippen molar-refractivity contribution in [2.45, 2.75) is 19.8 Å². The molecule has 0 aliphatic heterocycles. The molecule has 0 aromatic heterocycles. The number of hydrogen-bond donors (Lipinski definition) is 1. The van der Waals surface area contributed by atoms with E-state index in [1.165, 1.54) is 5.56 Å². The highest BCUT2D eigenvalue weighted by Gasteiger charge is 2.05. The van der Waals surface area contributed by atoms with Gasteiger partial charge in [0.05, 0.1) is 0 Å². The lowest BCUT2D eigenvalue weighted by Crippen LogP contribution is -2.02. The Morgan fingerprint density at radius 2 is 2.10 bits per heavy atom. The zero-order chi connectivity index (χ0) is 14.4. The van der Waals surface area contributed by atoms with Gasteiger partial charge in [-0.25, -0.2) is 0 Å². The molecule has 20 heavy (non-hydrogen) atoms.